The second kappa shape index (κ2) is 4.13. The van der Waals surface area contributed by atoms with Crippen molar-refractivity contribution in [1.82, 2.24) is 0 Å². The van der Waals surface area contributed by atoms with Crippen molar-refractivity contribution in [3.05, 3.63) is 33.6 Å². The lowest BCUT2D eigenvalue weighted by Gasteiger charge is -2.02. The summed E-state index contributed by atoms with van der Waals surface area (Å²) in [7, 11) is 0. The summed E-state index contributed by atoms with van der Waals surface area (Å²) >= 11 is 16.4. The lowest BCUT2D eigenvalue weighted by Crippen LogP contribution is -1.96. The van der Waals surface area contributed by atoms with Crippen LogP contribution in [0, 0.1) is 5.82 Å². The van der Waals surface area contributed by atoms with Gasteiger partial charge in [-0.25, -0.2) is 4.39 Å². The summed E-state index contributed by atoms with van der Waals surface area (Å²) < 4.78 is 13.2. The Balaban J connectivity index is 3.34. The van der Waals surface area contributed by atoms with Crippen LogP contribution in [0.15, 0.2) is 17.3 Å². The Bertz CT molecular complexity index is 367. The number of benzene rings is 1. The van der Waals surface area contributed by atoms with Crippen LogP contribution in [0.25, 0.3) is 0 Å². The van der Waals surface area contributed by atoms with Gasteiger partial charge < -0.3 is 5.21 Å². The summed E-state index contributed by atoms with van der Waals surface area (Å²) in [5, 5.41) is 10.4. The van der Waals surface area contributed by atoms with Crippen LogP contribution in [0.4, 0.5) is 4.39 Å². The van der Waals surface area contributed by atoms with Gasteiger partial charge in [0, 0.05) is 0 Å². The molecule has 6 heteroatoms. The highest BCUT2D eigenvalue weighted by molar-refractivity contribution is 6.69. The maximum atomic E-state index is 13.2. The largest absolute Gasteiger partial charge is 0.410 e. The van der Waals surface area contributed by atoms with E-state index in [1.165, 1.54) is 12.1 Å². The van der Waals surface area contributed by atoms with E-state index in [1.54, 1.807) is 0 Å². The molecule has 13 heavy (non-hydrogen) atoms. The Hall–Kier alpha value is -0.510. The van der Waals surface area contributed by atoms with Crippen LogP contribution in [0.1, 0.15) is 5.56 Å². The number of nitrogens with zero attached hydrogens (tertiary/aromatic N) is 1. The normalized spacial score (nSPS) is 11.8. The van der Waals surface area contributed by atoms with E-state index >= 15 is 0 Å². The van der Waals surface area contributed by atoms with E-state index in [1.807, 2.05) is 0 Å². The summed E-state index contributed by atoms with van der Waals surface area (Å²) in [4.78, 5) is 0. The first-order valence-electron chi connectivity index (χ1n) is 3.09. The minimum Gasteiger partial charge on any atom is -0.410 e. The highest BCUT2D eigenvalue weighted by Crippen LogP contribution is 2.27. The van der Waals surface area contributed by atoms with Crippen molar-refractivity contribution in [2.45, 2.75) is 0 Å². The van der Waals surface area contributed by atoms with Crippen molar-refractivity contribution in [2.24, 2.45) is 5.16 Å². The summed E-state index contributed by atoms with van der Waals surface area (Å²) in [5.74, 6) is -0.808. The fourth-order valence-electron chi connectivity index (χ4n) is 0.739. The van der Waals surface area contributed by atoms with E-state index in [2.05, 4.69) is 5.16 Å². The van der Waals surface area contributed by atoms with Crippen LogP contribution < -0.4 is 0 Å². The van der Waals surface area contributed by atoms with E-state index < -0.39 is 5.82 Å². The molecule has 0 heterocycles. The molecule has 0 aliphatic heterocycles. The third-order valence-corrected chi connectivity index (χ3v) is 2.41. The van der Waals surface area contributed by atoms with Gasteiger partial charge in [-0.3, -0.25) is 0 Å². The Morgan fingerprint density at radius 2 is 2.00 bits per heavy atom. The molecule has 0 aromatic heterocycles. The molecule has 0 unspecified atom stereocenters. The first-order chi connectivity index (χ1) is 6.07. The van der Waals surface area contributed by atoms with Crippen LogP contribution in [-0.4, -0.2) is 10.4 Å². The third-order valence-electron chi connectivity index (χ3n) is 1.35. The van der Waals surface area contributed by atoms with E-state index in [-0.39, 0.29) is 20.8 Å². The van der Waals surface area contributed by atoms with Gasteiger partial charge in [0.2, 0.25) is 0 Å². The first kappa shape index (κ1) is 10.6. The monoisotopic (exact) mass is 241 g/mol. The predicted octanol–water partition coefficient (Wildman–Crippen LogP) is 3.51. The minimum atomic E-state index is -0.808. The average molecular weight is 242 g/mol. The van der Waals surface area contributed by atoms with Crippen LogP contribution in [-0.2, 0) is 0 Å². The zero-order valence-corrected chi connectivity index (χ0v) is 8.33. The standard InChI is InChI=1S/C7H3Cl3FNO/c8-4-2-1-3(7(10)12-13)6(11)5(4)9/h1-2,13H. The minimum absolute atomic E-state index is 0.0744. The maximum absolute atomic E-state index is 13.2. The fourth-order valence-corrected chi connectivity index (χ4v) is 1.20. The molecule has 0 aliphatic carbocycles. The van der Waals surface area contributed by atoms with Gasteiger partial charge in [0.05, 0.1) is 15.6 Å². The molecule has 70 valence electrons. The molecule has 0 bridgehead atoms. The van der Waals surface area contributed by atoms with Gasteiger partial charge in [0.25, 0.3) is 0 Å². The molecule has 1 aromatic rings. The molecule has 0 atom stereocenters. The van der Waals surface area contributed by atoms with E-state index in [4.69, 9.17) is 40.0 Å². The van der Waals surface area contributed by atoms with Gasteiger partial charge in [0.15, 0.2) is 11.0 Å². The van der Waals surface area contributed by atoms with E-state index in [0.717, 1.165) is 0 Å². The third kappa shape index (κ3) is 2.05. The Morgan fingerprint density at radius 1 is 1.38 bits per heavy atom. The second-order valence-corrected chi connectivity index (χ2v) is 3.26. The van der Waals surface area contributed by atoms with Gasteiger partial charge in [-0.05, 0) is 12.1 Å². The van der Waals surface area contributed by atoms with Gasteiger partial charge in [-0.15, -0.1) is 0 Å². The van der Waals surface area contributed by atoms with Crippen molar-refractivity contribution in [3.8, 4) is 0 Å². The summed E-state index contributed by atoms with van der Waals surface area (Å²) in [6.45, 7) is 0. The van der Waals surface area contributed by atoms with Gasteiger partial charge in [0.1, 0.15) is 0 Å². The molecular weight excluding hydrogens is 239 g/mol. The molecule has 2 nitrogen and oxygen atoms in total. The highest BCUT2D eigenvalue weighted by Gasteiger charge is 2.13. The smallest absolute Gasteiger partial charge is 0.178 e. The number of hydrogen-bond donors (Lipinski definition) is 1. The number of hydrogen-bond acceptors (Lipinski definition) is 2. The zero-order chi connectivity index (χ0) is 10.0. The molecule has 0 fully saturated rings. The molecule has 0 saturated carbocycles. The van der Waals surface area contributed by atoms with Crippen LogP contribution >= 0.6 is 34.8 Å². The average Bonchev–Trinajstić information content (AvgIpc) is 2.13. The summed E-state index contributed by atoms with van der Waals surface area (Å²) in [6, 6.07) is 2.63. The molecular formula is C7H3Cl3FNO. The molecule has 1 N–H and O–H groups in total. The van der Waals surface area contributed by atoms with Crippen molar-refractivity contribution < 1.29 is 9.60 Å². The van der Waals surface area contributed by atoms with Crippen molar-refractivity contribution in [1.29, 1.82) is 0 Å². The highest BCUT2D eigenvalue weighted by atomic mass is 35.5. The molecule has 0 amide bonds. The molecule has 1 aromatic carbocycles. The zero-order valence-electron chi connectivity index (χ0n) is 6.06. The second-order valence-electron chi connectivity index (χ2n) is 2.11. The predicted molar refractivity (Wildman–Crippen MR) is 50.6 cm³/mol. The van der Waals surface area contributed by atoms with Gasteiger partial charge in [-0.2, -0.15) is 0 Å². The molecule has 0 aliphatic rings. The van der Waals surface area contributed by atoms with E-state index in [9.17, 15) is 4.39 Å². The summed E-state index contributed by atoms with van der Waals surface area (Å²) in [5.41, 5.74) is -0.0985. The summed E-state index contributed by atoms with van der Waals surface area (Å²) in [6.07, 6.45) is 0. The lowest BCUT2D eigenvalue weighted by molar-refractivity contribution is 0.320. The van der Waals surface area contributed by atoms with Crippen LogP contribution in [0.2, 0.25) is 10.0 Å². The van der Waals surface area contributed by atoms with Crippen molar-refractivity contribution >= 4 is 40.0 Å². The topological polar surface area (TPSA) is 32.6 Å². The molecule has 0 saturated heterocycles. The Labute approximate surface area is 88.5 Å². The Kier molecular flexibility index (Phi) is 3.36. The molecule has 0 spiro atoms. The molecule has 1 rings (SSSR count). The van der Waals surface area contributed by atoms with Crippen molar-refractivity contribution in [3.63, 3.8) is 0 Å². The lowest BCUT2D eigenvalue weighted by atomic mass is 10.2. The SMILES string of the molecule is ON=C(Cl)c1ccc(Cl)c(Cl)c1F. The van der Waals surface area contributed by atoms with Crippen LogP contribution in [0.3, 0.4) is 0 Å². The van der Waals surface area contributed by atoms with E-state index in [0.29, 0.717) is 0 Å². The Morgan fingerprint density at radius 3 is 2.54 bits per heavy atom. The van der Waals surface area contributed by atoms with Gasteiger partial charge >= 0.3 is 0 Å². The number of oxime groups is 1. The number of rotatable bonds is 1. The fraction of sp³-hybridized carbons (Fsp3) is 0. The molecule has 0 radical (unpaired) electrons. The number of halogens is 4. The van der Waals surface area contributed by atoms with Gasteiger partial charge in [-0.1, -0.05) is 40.0 Å². The van der Waals surface area contributed by atoms with Crippen molar-refractivity contribution in [2.75, 3.05) is 0 Å². The maximum Gasteiger partial charge on any atom is 0.178 e. The van der Waals surface area contributed by atoms with Crippen LogP contribution in [0.5, 0.6) is 0 Å². The first-order valence-corrected chi connectivity index (χ1v) is 4.22. The quantitative estimate of drug-likeness (QED) is 0.348.